The molecule has 13 heavy (non-hydrogen) atoms. The number of benzene rings is 1. The van der Waals surface area contributed by atoms with Crippen LogP contribution in [0.3, 0.4) is 0 Å². The van der Waals surface area contributed by atoms with Crippen molar-refractivity contribution in [3.8, 4) is 0 Å². The number of hydrazine groups is 1. The number of nitrogens with zero attached hydrogens (tertiary/aromatic N) is 2. The molecular formula is C9H8BrN3. The molecule has 3 nitrogen and oxygen atoms in total. The van der Waals surface area contributed by atoms with E-state index in [0.717, 1.165) is 10.2 Å². The highest BCUT2D eigenvalue weighted by Crippen LogP contribution is 2.18. The van der Waals surface area contributed by atoms with E-state index in [0.29, 0.717) is 0 Å². The summed E-state index contributed by atoms with van der Waals surface area (Å²) in [6, 6.07) is 7.98. The van der Waals surface area contributed by atoms with E-state index in [1.807, 2.05) is 29.3 Å². The third-order valence-electron chi connectivity index (χ3n) is 1.64. The Kier molecular flexibility index (Phi) is 2.31. The van der Waals surface area contributed by atoms with Crippen LogP contribution in [-0.2, 0) is 0 Å². The summed E-state index contributed by atoms with van der Waals surface area (Å²) < 4.78 is 1.05. The Labute approximate surface area is 84.9 Å². The van der Waals surface area contributed by atoms with Gasteiger partial charge in [0.1, 0.15) is 6.34 Å². The molecule has 1 N–H and O–H groups in total. The minimum absolute atomic E-state index is 1.04. The number of halogens is 1. The Morgan fingerprint density at radius 1 is 1.38 bits per heavy atom. The minimum atomic E-state index is 1.04. The molecule has 1 aliphatic rings. The van der Waals surface area contributed by atoms with Crippen molar-refractivity contribution in [2.45, 2.75) is 0 Å². The van der Waals surface area contributed by atoms with Crippen LogP contribution in [0.15, 0.2) is 46.1 Å². The van der Waals surface area contributed by atoms with Crippen molar-refractivity contribution in [1.29, 1.82) is 0 Å². The second-order valence-corrected chi connectivity index (χ2v) is 3.47. The van der Waals surface area contributed by atoms with Gasteiger partial charge in [-0.15, -0.1) is 0 Å². The van der Waals surface area contributed by atoms with Gasteiger partial charge in [0.05, 0.1) is 5.69 Å². The number of rotatable bonds is 1. The molecule has 1 aromatic rings. The van der Waals surface area contributed by atoms with E-state index < -0.39 is 0 Å². The Hall–Kier alpha value is -1.29. The maximum Gasteiger partial charge on any atom is 0.115 e. The molecule has 4 heteroatoms. The average Bonchev–Trinajstić information content (AvgIpc) is 2.19. The summed E-state index contributed by atoms with van der Waals surface area (Å²) in [6.45, 7) is 0. The normalized spacial score (nSPS) is 14.4. The van der Waals surface area contributed by atoms with Crippen molar-refractivity contribution in [3.63, 3.8) is 0 Å². The Balaban J connectivity index is 2.25. The molecule has 0 unspecified atom stereocenters. The zero-order valence-electron chi connectivity index (χ0n) is 6.81. The highest BCUT2D eigenvalue weighted by atomic mass is 79.9. The molecule has 0 atom stereocenters. The van der Waals surface area contributed by atoms with Crippen LogP contribution in [0.5, 0.6) is 0 Å². The lowest BCUT2D eigenvalue weighted by Crippen LogP contribution is -2.34. The van der Waals surface area contributed by atoms with Crippen LogP contribution < -0.4 is 10.4 Å². The van der Waals surface area contributed by atoms with Gasteiger partial charge in [0.25, 0.3) is 0 Å². The standard InChI is InChI=1S/C9H8BrN3/c10-8-2-1-3-9(6-8)13-7-11-4-5-12-13/h1-7,12H. The molecule has 0 saturated carbocycles. The number of nitrogens with one attached hydrogen (secondary N) is 1. The maximum absolute atomic E-state index is 4.01. The highest BCUT2D eigenvalue weighted by molar-refractivity contribution is 9.10. The van der Waals surface area contributed by atoms with E-state index >= 15 is 0 Å². The summed E-state index contributed by atoms with van der Waals surface area (Å²) in [7, 11) is 0. The largest absolute Gasteiger partial charge is 0.299 e. The molecule has 0 aromatic heterocycles. The van der Waals surface area contributed by atoms with Gasteiger partial charge in [0, 0.05) is 16.9 Å². The van der Waals surface area contributed by atoms with Crippen molar-refractivity contribution in [2.24, 2.45) is 4.99 Å². The van der Waals surface area contributed by atoms with Gasteiger partial charge < -0.3 is 0 Å². The molecule has 0 radical (unpaired) electrons. The predicted octanol–water partition coefficient (Wildman–Crippen LogP) is 2.27. The molecule has 1 aromatic carbocycles. The summed E-state index contributed by atoms with van der Waals surface area (Å²) in [6.07, 6.45) is 5.21. The summed E-state index contributed by atoms with van der Waals surface area (Å²) in [5.74, 6) is 0. The fourth-order valence-electron chi connectivity index (χ4n) is 1.06. The summed E-state index contributed by atoms with van der Waals surface area (Å²) in [4.78, 5) is 4.01. The van der Waals surface area contributed by atoms with E-state index in [2.05, 4.69) is 26.3 Å². The molecule has 0 fully saturated rings. The first-order valence-corrected chi connectivity index (χ1v) is 4.65. The number of anilines is 1. The Morgan fingerprint density at radius 3 is 3.00 bits per heavy atom. The van der Waals surface area contributed by atoms with E-state index in [1.54, 1.807) is 18.7 Å². The van der Waals surface area contributed by atoms with Crippen molar-refractivity contribution in [3.05, 3.63) is 41.1 Å². The second-order valence-electron chi connectivity index (χ2n) is 2.56. The maximum atomic E-state index is 4.01. The van der Waals surface area contributed by atoms with Gasteiger partial charge in [-0.2, -0.15) is 0 Å². The van der Waals surface area contributed by atoms with E-state index in [-0.39, 0.29) is 0 Å². The van der Waals surface area contributed by atoms with Crippen LogP contribution in [-0.4, -0.2) is 6.34 Å². The first kappa shape index (κ1) is 8.31. The van der Waals surface area contributed by atoms with Gasteiger partial charge in [-0.05, 0) is 18.2 Å². The monoisotopic (exact) mass is 237 g/mol. The quantitative estimate of drug-likeness (QED) is 0.812. The molecule has 0 bridgehead atoms. The number of hydrogen-bond donors (Lipinski definition) is 1. The molecule has 2 rings (SSSR count). The van der Waals surface area contributed by atoms with Crippen molar-refractivity contribution in [1.82, 2.24) is 5.43 Å². The van der Waals surface area contributed by atoms with Gasteiger partial charge in [-0.3, -0.25) is 5.43 Å². The molecule has 66 valence electrons. The first-order chi connectivity index (χ1) is 6.36. The van der Waals surface area contributed by atoms with Crippen LogP contribution >= 0.6 is 15.9 Å². The third kappa shape index (κ3) is 1.89. The molecule has 0 saturated heterocycles. The van der Waals surface area contributed by atoms with Crippen LogP contribution in [0.1, 0.15) is 0 Å². The first-order valence-electron chi connectivity index (χ1n) is 3.85. The average molecular weight is 238 g/mol. The topological polar surface area (TPSA) is 27.6 Å². The minimum Gasteiger partial charge on any atom is -0.299 e. The number of aliphatic imine (C=N–C) groups is 1. The molecule has 0 spiro atoms. The van der Waals surface area contributed by atoms with Gasteiger partial charge in [-0.25, -0.2) is 10.0 Å². The highest BCUT2D eigenvalue weighted by Gasteiger charge is 2.02. The molecule has 1 heterocycles. The van der Waals surface area contributed by atoms with Gasteiger partial charge in [0.2, 0.25) is 0 Å². The lowest BCUT2D eigenvalue weighted by molar-refractivity contribution is 0.908. The summed E-state index contributed by atoms with van der Waals surface area (Å²) in [5, 5.41) is 1.84. The van der Waals surface area contributed by atoms with Gasteiger partial charge in [-0.1, -0.05) is 22.0 Å². The molecule has 0 aliphatic carbocycles. The predicted molar refractivity (Wildman–Crippen MR) is 57.4 cm³/mol. The molecular weight excluding hydrogens is 230 g/mol. The summed E-state index contributed by atoms with van der Waals surface area (Å²) in [5.41, 5.74) is 4.09. The van der Waals surface area contributed by atoms with Gasteiger partial charge >= 0.3 is 0 Å². The Bertz CT molecular complexity index is 360. The fraction of sp³-hybridized carbons (Fsp3) is 0. The zero-order valence-corrected chi connectivity index (χ0v) is 8.40. The van der Waals surface area contributed by atoms with Crippen LogP contribution in [0.2, 0.25) is 0 Å². The van der Waals surface area contributed by atoms with Gasteiger partial charge in [0.15, 0.2) is 0 Å². The SMILES string of the molecule is Brc1cccc(N2C=NC=CN2)c1. The zero-order chi connectivity index (χ0) is 9.10. The van der Waals surface area contributed by atoms with E-state index in [9.17, 15) is 0 Å². The fourth-order valence-corrected chi connectivity index (χ4v) is 1.45. The Morgan fingerprint density at radius 2 is 2.31 bits per heavy atom. The van der Waals surface area contributed by atoms with Crippen LogP contribution in [0, 0.1) is 0 Å². The van der Waals surface area contributed by atoms with Crippen LogP contribution in [0.25, 0.3) is 0 Å². The van der Waals surface area contributed by atoms with E-state index in [4.69, 9.17) is 0 Å². The lowest BCUT2D eigenvalue weighted by Gasteiger charge is -2.20. The third-order valence-corrected chi connectivity index (χ3v) is 2.14. The summed E-state index contributed by atoms with van der Waals surface area (Å²) >= 11 is 3.41. The van der Waals surface area contributed by atoms with Crippen molar-refractivity contribution in [2.75, 3.05) is 5.01 Å². The smallest absolute Gasteiger partial charge is 0.115 e. The van der Waals surface area contributed by atoms with Crippen LogP contribution in [0.4, 0.5) is 5.69 Å². The van der Waals surface area contributed by atoms with Crippen molar-refractivity contribution < 1.29 is 0 Å². The molecule has 1 aliphatic heterocycles. The second kappa shape index (κ2) is 3.62. The number of hydrogen-bond acceptors (Lipinski definition) is 3. The molecule has 0 amide bonds. The van der Waals surface area contributed by atoms with E-state index in [1.165, 1.54) is 0 Å². The lowest BCUT2D eigenvalue weighted by atomic mass is 10.3. The van der Waals surface area contributed by atoms with Crippen molar-refractivity contribution >= 4 is 28.0 Å².